The number of thiophene rings is 1. The highest BCUT2D eigenvalue weighted by atomic mass is 35.5. The third-order valence-corrected chi connectivity index (χ3v) is 6.20. The van der Waals surface area contributed by atoms with Gasteiger partial charge < -0.3 is 20.0 Å². The number of ether oxygens (including phenoxy) is 1. The Bertz CT molecular complexity index is 837. The zero-order valence-electron chi connectivity index (χ0n) is 14.4. The lowest BCUT2D eigenvalue weighted by molar-refractivity contribution is -0.313. The van der Waals surface area contributed by atoms with Gasteiger partial charge in [0, 0.05) is 28.2 Å². The molecule has 8 heteroatoms. The first-order chi connectivity index (χ1) is 12.2. The second-order valence-corrected chi connectivity index (χ2v) is 8.75. The molecule has 0 saturated heterocycles. The van der Waals surface area contributed by atoms with Gasteiger partial charge in [0.05, 0.1) is 23.7 Å². The Balaban J connectivity index is 1.86. The number of allylic oxidation sites excluding steroid dienone is 2. The van der Waals surface area contributed by atoms with Gasteiger partial charge in [-0.15, -0.1) is 11.3 Å². The summed E-state index contributed by atoms with van der Waals surface area (Å²) in [5.41, 5.74) is 0.946. The summed E-state index contributed by atoms with van der Waals surface area (Å²) in [6, 6.07) is 2.17. The maximum absolute atomic E-state index is 12.7. The van der Waals surface area contributed by atoms with Crippen LogP contribution in [0.2, 0.25) is 0 Å². The Morgan fingerprint density at radius 3 is 2.85 bits per heavy atom. The molecule has 2 heterocycles. The van der Waals surface area contributed by atoms with Crippen LogP contribution in [-0.4, -0.2) is 17.5 Å². The van der Waals surface area contributed by atoms with E-state index >= 15 is 0 Å². The van der Waals surface area contributed by atoms with Crippen LogP contribution < -0.4 is 10.4 Å². The van der Waals surface area contributed by atoms with E-state index in [9.17, 15) is 20.0 Å². The molecule has 1 aliphatic carbocycles. The predicted octanol–water partition coefficient (Wildman–Crippen LogP) is 2.31. The second kappa shape index (κ2) is 7.03. The van der Waals surface area contributed by atoms with Crippen LogP contribution >= 0.6 is 22.9 Å². The van der Waals surface area contributed by atoms with E-state index in [1.54, 1.807) is 6.08 Å². The zero-order valence-corrected chi connectivity index (χ0v) is 16.0. The molecule has 1 aromatic heterocycles. The van der Waals surface area contributed by atoms with Crippen molar-refractivity contribution in [2.75, 3.05) is 5.32 Å². The molecule has 0 bridgehead atoms. The number of halogens is 1. The van der Waals surface area contributed by atoms with Gasteiger partial charge in [-0.2, -0.15) is 5.26 Å². The van der Waals surface area contributed by atoms with Crippen molar-refractivity contribution >= 4 is 39.8 Å². The molecule has 6 nitrogen and oxygen atoms in total. The number of nitrogens with one attached hydrogen (secondary N) is 1. The van der Waals surface area contributed by atoms with Crippen LogP contribution in [-0.2, 0) is 27.4 Å². The number of hydrogen-bond donors (Lipinski definition) is 1. The lowest BCUT2D eigenvalue weighted by Crippen LogP contribution is -2.42. The van der Waals surface area contributed by atoms with Gasteiger partial charge in [0.2, 0.25) is 5.91 Å². The predicted molar refractivity (Wildman–Crippen MR) is 95.4 cm³/mol. The third-order valence-electron chi connectivity index (χ3n) is 4.77. The number of aliphatic carboxylic acids is 1. The highest BCUT2D eigenvalue weighted by Gasteiger charge is 2.35. The summed E-state index contributed by atoms with van der Waals surface area (Å²) in [7, 11) is 0. The molecule has 0 aromatic carbocycles. The topological polar surface area (TPSA) is 102 Å². The van der Waals surface area contributed by atoms with Crippen LogP contribution in [0.3, 0.4) is 0 Å². The van der Waals surface area contributed by atoms with Crippen molar-refractivity contribution < 1.29 is 19.4 Å². The highest BCUT2D eigenvalue weighted by molar-refractivity contribution is 7.16. The summed E-state index contributed by atoms with van der Waals surface area (Å²) in [5, 5.41) is 24.6. The van der Waals surface area contributed by atoms with Crippen molar-refractivity contribution in [2.45, 2.75) is 45.3 Å². The number of carbonyl (C=O) groups is 2. The van der Waals surface area contributed by atoms with E-state index in [4.69, 9.17) is 16.3 Å². The lowest BCUT2D eigenvalue weighted by Gasteiger charge is -2.30. The van der Waals surface area contributed by atoms with Crippen molar-refractivity contribution in [3.05, 3.63) is 27.1 Å². The molecule has 138 valence electrons. The van der Waals surface area contributed by atoms with Gasteiger partial charge in [-0.1, -0.05) is 17.7 Å². The van der Waals surface area contributed by atoms with Gasteiger partial charge in [-0.25, -0.2) is 0 Å². The standard InChI is InChI=1S/C18H19ClN2O4S/c1-18(2)6-12-13(7-20)16(26-14(12)8-25-18)21-15(22)11-5-9(19)3-4-10(11)17(23)24/h3,10-11H,4-6,8H2,1-2H3,(H,21,22)(H,23,24)/p-1/t10-,11+/m1/s1. The van der Waals surface area contributed by atoms with Crippen molar-refractivity contribution in [1.29, 1.82) is 5.26 Å². The quantitative estimate of drug-likeness (QED) is 0.848. The third kappa shape index (κ3) is 3.63. The zero-order chi connectivity index (χ0) is 19.1. The van der Waals surface area contributed by atoms with Gasteiger partial charge >= 0.3 is 0 Å². The summed E-state index contributed by atoms with van der Waals surface area (Å²) in [6.45, 7) is 4.29. The number of carbonyl (C=O) groups excluding carboxylic acids is 2. The molecule has 1 amide bonds. The van der Waals surface area contributed by atoms with E-state index in [0.29, 0.717) is 28.6 Å². The monoisotopic (exact) mass is 393 g/mol. The van der Waals surface area contributed by atoms with E-state index in [2.05, 4.69) is 11.4 Å². The molecule has 2 atom stereocenters. The van der Waals surface area contributed by atoms with Crippen molar-refractivity contribution in [2.24, 2.45) is 11.8 Å². The Morgan fingerprint density at radius 1 is 1.46 bits per heavy atom. The second-order valence-electron chi connectivity index (χ2n) is 7.16. The number of nitrogens with zero attached hydrogens (tertiary/aromatic N) is 1. The fraction of sp³-hybridized carbons (Fsp3) is 0.500. The van der Waals surface area contributed by atoms with E-state index in [1.165, 1.54) is 11.3 Å². The molecule has 0 unspecified atom stereocenters. The number of hydrogen-bond acceptors (Lipinski definition) is 6. The molecule has 26 heavy (non-hydrogen) atoms. The normalized spacial score (nSPS) is 24.2. The smallest absolute Gasteiger partial charge is 0.229 e. The molecular weight excluding hydrogens is 376 g/mol. The Labute approximate surface area is 160 Å². The number of anilines is 1. The van der Waals surface area contributed by atoms with E-state index in [-0.39, 0.29) is 18.4 Å². The first kappa shape index (κ1) is 18.9. The first-order valence-corrected chi connectivity index (χ1v) is 9.46. The molecular formula is C18H18ClN2O4S-. The number of fused-ring (bicyclic) bond motifs is 1. The molecule has 2 aliphatic rings. The molecule has 0 radical (unpaired) electrons. The minimum absolute atomic E-state index is 0.148. The maximum Gasteiger partial charge on any atom is 0.229 e. The molecule has 1 aromatic rings. The average molecular weight is 394 g/mol. The summed E-state index contributed by atoms with van der Waals surface area (Å²) in [5.74, 6) is -3.48. The molecule has 0 fully saturated rings. The van der Waals surface area contributed by atoms with E-state index in [1.807, 2.05) is 13.8 Å². The molecule has 1 aliphatic heterocycles. The summed E-state index contributed by atoms with van der Waals surface area (Å²) >= 11 is 7.30. The van der Waals surface area contributed by atoms with Crippen molar-refractivity contribution in [3.8, 4) is 6.07 Å². The Morgan fingerprint density at radius 2 is 2.19 bits per heavy atom. The van der Waals surface area contributed by atoms with E-state index in [0.717, 1.165) is 10.4 Å². The van der Waals surface area contributed by atoms with E-state index < -0.39 is 23.7 Å². The number of rotatable bonds is 3. The number of carboxylic acids is 1. The largest absolute Gasteiger partial charge is 0.550 e. The summed E-state index contributed by atoms with van der Waals surface area (Å²) < 4.78 is 5.77. The SMILES string of the molecule is CC1(C)Cc2c(sc(NC(=O)[C@H]3CC(Cl)=CC[C@H]3C(=O)[O-])c2C#N)CO1. The van der Waals surface area contributed by atoms with Gasteiger partial charge in [-0.3, -0.25) is 4.79 Å². The van der Waals surface area contributed by atoms with Crippen molar-refractivity contribution in [3.63, 3.8) is 0 Å². The van der Waals surface area contributed by atoms with Crippen LogP contribution in [0, 0.1) is 23.2 Å². The van der Waals surface area contributed by atoms with Crippen LogP contribution in [0.4, 0.5) is 5.00 Å². The van der Waals surface area contributed by atoms with Crippen LogP contribution in [0.5, 0.6) is 0 Å². The van der Waals surface area contributed by atoms with Crippen molar-refractivity contribution in [1.82, 2.24) is 0 Å². The Kier molecular flexibility index (Phi) is 5.11. The fourth-order valence-electron chi connectivity index (χ4n) is 3.36. The van der Waals surface area contributed by atoms with Gasteiger partial charge in [0.15, 0.2) is 0 Å². The minimum atomic E-state index is -1.27. The van der Waals surface area contributed by atoms with Gasteiger partial charge in [0.25, 0.3) is 0 Å². The van der Waals surface area contributed by atoms with Gasteiger partial charge in [-0.05, 0) is 32.3 Å². The lowest BCUT2D eigenvalue weighted by atomic mass is 9.82. The molecule has 1 N–H and O–H groups in total. The van der Waals surface area contributed by atoms with Crippen LogP contribution in [0.25, 0.3) is 0 Å². The Hall–Kier alpha value is -1.88. The number of carboxylic acid groups (broad SMARTS) is 1. The first-order valence-electron chi connectivity index (χ1n) is 8.26. The molecule has 3 rings (SSSR count). The number of amides is 1. The summed E-state index contributed by atoms with van der Waals surface area (Å²) in [6.07, 6.45) is 2.50. The molecule has 0 saturated carbocycles. The van der Waals surface area contributed by atoms with Gasteiger partial charge in [0.1, 0.15) is 11.1 Å². The molecule has 0 spiro atoms. The maximum atomic E-state index is 12.7. The summed E-state index contributed by atoms with van der Waals surface area (Å²) in [4.78, 5) is 25.0. The fourth-order valence-corrected chi connectivity index (χ4v) is 4.69. The number of nitriles is 1. The minimum Gasteiger partial charge on any atom is -0.550 e. The van der Waals surface area contributed by atoms with Crippen LogP contribution in [0.15, 0.2) is 11.1 Å². The highest BCUT2D eigenvalue weighted by Crippen LogP contribution is 2.41. The average Bonchev–Trinajstić information content (AvgIpc) is 2.89. The van der Waals surface area contributed by atoms with Crippen LogP contribution in [0.1, 0.15) is 42.7 Å².